The van der Waals surface area contributed by atoms with Crippen LogP contribution in [0.5, 0.6) is 0 Å². The van der Waals surface area contributed by atoms with Crippen molar-refractivity contribution in [2.45, 2.75) is 13.8 Å². The van der Waals surface area contributed by atoms with Gasteiger partial charge in [-0.25, -0.2) is 4.98 Å². The van der Waals surface area contributed by atoms with Crippen LogP contribution in [0.2, 0.25) is 0 Å². The van der Waals surface area contributed by atoms with E-state index in [4.69, 9.17) is 10.7 Å². The molecule has 0 spiro atoms. The monoisotopic (exact) mass is 298 g/mol. The lowest BCUT2D eigenvalue weighted by molar-refractivity contribution is 1.39. The predicted molar refractivity (Wildman–Crippen MR) is 98.6 cm³/mol. The summed E-state index contributed by atoms with van der Waals surface area (Å²) in [5.41, 5.74) is 13.7. The minimum atomic E-state index is 0.873. The maximum Gasteiger partial charge on any atom is 0.0715 e. The predicted octanol–water partition coefficient (Wildman–Crippen LogP) is 5.25. The summed E-state index contributed by atoms with van der Waals surface area (Å²) in [6, 6.07) is 21.1. The van der Waals surface area contributed by atoms with Crippen molar-refractivity contribution in [2.75, 3.05) is 5.73 Å². The molecule has 0 atom stereocenters. The maximum absolute atomic E-state index is 6.10. The van der Waals surface area contributed by atoms with Crippen molar-refractivity contribution in [2.24, 2.45) is 0 Å². The second-order valence-electron chi connectivity index (χ2n) is 6.08. The molecule has 0 fully saturated rings. The number of nitrogens with two attached hydrogens (primary N) is 1. The number of anilines is 1. The fourth-order valence-electron chi connectivity index (χ4n) is 3.18. The third-order valence-corrected chi connectivity index (χ3v) is 4.47. The molecular formula is C21H18N2. The molecule has 23 heavy (non-hydrogen) atoms. The zero-order valence-electron chi connectivity index (χ0n) is 13.3. The molecule has 0 saturated heterocycles. The van der Waals surface area contributed by atoms with Crippen molar-refractivity contribution in [3.63, 3.8) is 0 Å². The second-order valence-corrected chi connectivity index (χ2v) is 6.08. The molecule has 2 N–H and O–H groups in total. The van der Waals surface area contributed by atoms with E-state index in [0.717, 1.165) is 33.2 Å². The van der Waals surface area contributed by atoms with Crippen LogP contribution in [0.15, 0.2) is 60.7 Å². The highest BCUT2D eigenvalue weighted by Gasteiger charge is 2.09. The fourth-order valence-corrected chi connectivity index (χ4v) is 3.18. The van der Waals surface area contributed by atoms with E-state index in [1.165, 1.54) is 16.5 Å². The molecule has 4 aromatic rings. The van der Waals surface area contributed by atoms with E-state index in [2.05, 4.69) is 68.4 Å². The quantitative estimate of drug-likeness (QED) is 0.385. The van der Waals surface area contributed by atoms with Gasteiger partial charge < -0.3 is 5.73 Å². The summed E-state index contributed by atoms with van der Waals surface area (Å²) in [6.07, 6.45) is 0. The van der Waals surface area contributed by atoms with Gasteiger partial charge in [0.05, 0.1) is 11.0 Å². The molecule has 2 nitrogen and oxygen atoms in total. The van der Waals surface area contributed by atoms with Crippen LogP contribution in [0.3, 0.4) is 0 Å². The van der Waals surface area contributed by atoms with E-state index in [1.807, 2.05) is 6.07 Å². The minimum Gasteiger partial charge on any atom is -0.398 e. The molecule has 3 aromatic carbocycles. The van der Waals surface area contributed by atoms with Gasteiger partial charge in [-0.3, -0.25) is 0 Å². The average molecular weight is 298 g/mol. The van der Waals surface area contributed by atoms with Crippen molar-refractivity contribution >= 4 is 27.5 Å². The SMILES string of the molecule is Cc1cc(-c2cccc3nc4ccccc4cc23)cc(C)c1N. The third kappa shape index (κ3) is 2.23. The Morgan fingerprint density at radius 2 is 1.48 bits per heavy atom. The zero-order valence-corrected chi connectivity index (χ0v) is 13.3. The van der Waals surface area contributed by atoms with Gasteiger partial charge in [-0.1, -0.05) is 30.3 Å². The summed E-state index contributed by atoms with van der Waals surface area (Å²) in [7, 11) is 0. The number of aryl methyl sites for hydroxylation is 2. The number of nitrogens with zero attached hydrogens (tertiary/aromatic N) is 1. The Morgan fingerprint density at radius 1 is 0.783 bits per heavy atom. The summed E-state index contributed by atoms with van der Waals surface area (Å²) in [5.74, 6) is 0. The molecule has 0 saturated carbocycles. The van der Waals surface area contributed by atoms with Crippen molar-refractivity contribution < 1.29 is 0 Å². The van der Waals surface area contributed by atoms with E-state index >= 15 is 0 Å². The number of para-hydroxylation sites is 1. The minimum absolute atomic E-state index is 0.873. The van der Waals surface area contributed by atoms with Crippen LogP contribution in [0, 0.1) is 13.8 Å². The third-order valence-electron chi connectivity index (χ3n) is 4.47. The lowest BCUT2D eigenvalue weighted by Gasteiger charge is -2.12. The first-order valence-electron chi connectivity index (χ1n) is 7.79. The number of hydrogen-bond acceptors (Lipinski definition) is 2. The van der Waals surface area contributed by atoms with E-state index < -0.39 is 0 Å². The van der Waals surface area contributed by atoms with E-state index in [9.17, 15) is 0 Å². The van der Waals surface area contributed by atoms with Gasteiger partial charge >= 0.3 is 0 Å². The summed E-state index contributed by atoms with van der Waals surface area (Å²) >= 11 is 0. The van der Waals surface area contributed by atoms with E-state index in [0.29, 0.717) is 0 Å². The second kappa shape index (κ2) is 5.10. The Balaban J connectivity index is 2.05. The highest BCUT2D eigenvalue weighted by Crippen LogP contribution is 2.32. The normalized spacial score (nSPS) is 11.2. The lowest BCUT2D eigenvalue weighted by Crippen LogP contribution is -1.95. The lowest BCUT2D eigenvalue weighted by atomic mass is 9.95. The Bertz CT molecular complexity index is 1030. The number of nitrogen functional groups attached to an aromatic ring is 1. The number of hydrogen-bond donors (Lipinski definition) is 1. The standard InChI is InChI=1S/C21H18N2/c1-13-10-16(11-14(2)21(13)22)17-7-5-9-20-18(17)12-15-6-3-4-8-19(15)23-20/h3-12H,22H2,1-2H3. The van der Waals surface area contributed by atoms with Gasteiger partial charge in [-0.05, 0) is 66.4 Å². The van der Waals surface area contributed by atoms with E-state index in [-0.39, 0.29) is 0 Å². The van der Waals surface area contributed by atoms with Gasteiger partial charge in [-0.15, -0.1) is 0 Å². The molecule has 0 amide bonds. The van der Waals surface area contributed by atoms with Gasteiger partial charge in [0.2, 0.25) is 0 Å². The molecule has 0 bridgehead atoms. The average Bonchev–Trinajstić information content (AvgIpc) is 2.57. The topological polar surface area (TPSA) is 38.9 Å². The summed E-state index contributed by atoms with van der Waals surface area (Å²) < 4.78 is 0. The smallest absolute Gasteiger partial charge is 0.0715 e. The summed E-state index contributed by atoms with van der Waals surface area (Å²) in [4.78, 5) is 4.80. The van der Waals surface area contributed by atoms with Gasteiger partial charge in [0, 0.05) is 16.5 Å². The number of fused-ring (bicyclic) bond motifs is 2. The number of aromatic nitrogens is 1. The highest BCUT2D eigenvalue weighted by molar-refractivity contribution is 6.01. The zero-order chi connectivity index (χ0) is 16.0. The first-order valence-corrected chi connectivity index (χ1v) is 7.79. The highest BCUT2D eigenvalue weighted by atomic mass is 14.7. The molecule has 2 heteroatoms. The van der Waals surface area contributed by atoms with Crippen molar-refractivity contribution in [1.82, 2.24) is 4.98 Å². The summed E-state index contributed by atoms with van der Waals surface area (Å²) in [5, 5.41) is 2.34. The van der Waals surface area contributed by atoms with Gasteiger partial charge in [0.25, 0.3) is 0 Å². The van der Waals surface area contributed by atoms with Gasteiger partial charge in [0.15, 0.2) is 0 Å². The Kier molecular flexibility index (Phi) is 3.05. The molecule has 4 rings (SSSR count). The number of rotatable bonds is 1. The van der Waals surface area contributed by atoms with Crippen LogP contribution in [0.1, 0.15) is 11.1 Å². The Morgan fingerprint density at radius 3 is 2.26 bits per heavy atom. The molecule has 1 aromatic heterocycles. The molecule has 0 aliphatic rings. The first kappa shape index (κ1) is 13.8. The summed E-state index contributed by atoms with van der Waals surface area (Å²) in [6.45, 7) is 4.12. The van der Waals surface area contributed by atoms with Crippen LogP contribution in [-0.2, 0) is 0 Å². The molecule has 0 unspecified atom stereocenters. The first-order chi connectivity index (χ1) is 11.1. The van der Waals surface area contributed by atoms with Gasteiger partial charge in [-0.2, -0.15) is 0 Å². The Hall–Kier alpha value is -2.87. The van der Waals surface area contributed by atoms with E-state index in [1.54, 1.807) is 0 Å². The van der Waals surface area contributed by atoms with Crippen molar-refractivity contribution in [1.29, 1.82) is 0 Å². The van der Waals surface area contributed by atoms with Crippen LogP contribution in [0.4, 0.5) is 5.69 Å². The largest absolute Gasteiger partial charge is 0.398 e. The molecule has 1 heterocycles. The molecule has 0 aliphatic heterocycles. The van der Waals surface area contributed by atoms with Crippen LogP contribution in [0.25, 0.3) is 32.9 Å². The number of benzene rings is 3. The van der Waals surface area contributed by atoms with Crippen LogP contribution in [-0.4, -0.2) is 4.98 Å². The maximum atomic E-state index is 6.10. The molecule has 0 radical (unpaired) electrons. The Labute approximate surface area is 135 Å². The molecule has 0 aliphatic carbocycles. The van der Waals surface area contributed by atoms with Crippen LogP contribution >= 0.6 is 0 Å². The number of pyridine rings is 1. The molecular weight excluding hydrogens is 280 g/mol. The van der Waals surface area contributed by atoms with Gasteiger partial charge in [0.1, 0.15) is 0 Å². The van der Waals surface area contributed by atoms with Crippen molar-refractivity contribution in [3.8, 4) is 11.1 Å². The van der Waals surface area contributed by atoms with Crippen molar-refractivity contribution in [3.05, 3.63) is 71.8 Å². The fraction of sp³-hybridized carbons (Fsp3) is 0.0952. The van der Waals surface area contributed by atoms with Crippen LogP contribution < -0.4 is 5.73 Å². The molecule has 112 valence electrons.